The number of hydrogen-bond donors (Lipinski definition) is 1. The summed E-state index contributed by atoms with van der Waals surface area (Å²) in [7, 11) is 1.47. The van der Waals surface area contributed by atoms with Crippen LogP contribution in [0.15, 0.2) is 29.5 Å². The van der Waals surface area contributed by atoms with Gasteiger partial charge in [-0.2, -0.15) is 18.2 Å². The first-order valence-corrected chi connectivity index (χ1v) is 12.4. The van der Waals surface area contributed by atoms with Crippen LogP contribution >= 0.6 is 0 Å². The zero-order valence-electron chi connectivity index (χ0n) is 19.9. The number of halogens is 3. The molecule has 1 aromatic carbocycles. The summed E-state index contributed by atoms with van der Waals surface area (Å²) in [5.74, 6) is -2.65. The maximum Gasteiger partial charge on any atom is 0.493 e. The second-order valence-electron chi connectivity index (χ2n) is 9.90. The average Bonchev–Trinajstić information content (AvgIpc) is 2.91. The molecule has 0 saturated heterocycles. The maximum absolute atomic E-state index is 13.3. The van der Waals surface area contributed by atoms with Crippen molar-refractivity contribution < 1.29 is 27.6 Å². The number of allylic oxidation sites excluding steroid dienone is 1. The van der Waals surface area contributed by atoms with Gasteiger partial charge in [0.25, 0.3) is 0 Å². The van der Waals surface area contributed by atoms with E-state index in [1.807, 2.05) is 12.1 Å². The SMILES string of the molecule is CN1C(C(=O)Nc2ccc3c(c2)CCN(C2CCC2)CC3)C2=C(CCCC2)N1OC(=O)C(F)(F)F. The summed E-state index contributed by atoms with van der Waals surface area (Å²) in [4.78, 5) is 32.1. The molecule has 0 spiro atoms. The molecule has 5 rings (SSSR count). The average molecular weight is 493 g/mol. The van der Waals surface area contributed by atoms with Gasteiger partial charge in [-0.05, 0) is 80.2 Å². The standard InChI is InChI=1S/C25H31F3N4O3/c1-30-22(20-7-2-3-8-21(20)32(30)35-24(34)25(26,27)28)23(33)29-18-10-9-16-11-13-31(19-5-4-6-19)14-12-17(16)15-18/h9-10,15,19,22H,2-8,11-14H2,1H3,(H,29,33). The molecular formula is C25H31F3N4O3. The molecule has 1 amide bonds. The first-order valence-electron chi connectivity index (χ1n) is 12.4. The van der Waals surface area contributed by atoms with Crippen molar-refractivity contribution in [3.8, 4) is 0 Å². The molecule has 10 heteroatoms. The smallest absolute Gasteiger partial charge is 0.324 e. The van der Waals surface area contributed by atoms with Crippen molar-refractivity contribution in [2.24, 2.45) is 0 Å². The first kappa shape index (κ1) is 24.1. The molecule has 2 heterocycles. The highest BCUT2D eigenvalue weighted by atomic mass is 19.4. The number of hydrazine groups is 1. The van der Waals surface area contributed by atoms with E-state index in [0.717, 1.165) is 43.9 Å². The van der Waals surface area contributed by atoms with E-state index < -0.39 is 18.2 Å². The van der Waals surface area contributed by atoms with Crippen LogP contribution in [0.2, 0.25) is 0 Å². The number of anilines is 1. The monoisotopic (exact) mass is 492 g/mol. The van der Waals surface area contributed by atoms with Crippen LogP contribution in [0, 0.1) is 0 Å². The third kappa shape index (κ3) is 4.78. The molecule has 2 aliphatic carbocycles. The van der Waals surface area contributed by atoms with Gasteiger partial charge in [-0.1, -0.05) is 12.5 Å². The zero-order chi connectivity index (χ0) is 24.7. The van der Waals surface area contributed by atoms with Crippen molar-refractivity contribution in [3.05, 3.63) is 40.6 Å². The number of carbonyl (C=O) groups excluding carboxylic acids is 2. The summed E-state index contributed by atoms with van der Waals surface area (Å²) in [6.45, 7) is 2.07. The molecule has 4 aliphatic rings. The lowest BCUT2D eigenvalue weighted by molar-refractivity contribution is -0.271. The predicted molar refractivity (Wildman–Crippen MR) is 123 cm³/mol. The topological polar surface area (TPSA) is 65.1 Å². The molecule has 1 unspecified atom stereocenters. The number of hydrogen-bond acceptors (Lipinski definition) is 6. The lowest BCUT2D eigenvalue weighted by Crippen LogP contribution is -2.47. The fourth-order valence-electron chi connectivity index (χ4n) is 5.67. The summed E-state index contributed by atoms with van der Waals surface area (Å²) in [6, 6.07) is 5.84. The van der Waals surface area contributed by atoms with Crippen molar-refractivity contribution in [1.29, 1.82) is 0 Å². The Bertz CT molecular complexity index is 1040. The highest BCUT2D eigenvalue weighted by Gasteiger charge is 2.48. The normalized spacial score (nSPS) is 23.9. The first-order chi connectivity index (χ1) is 16.7. The minimum atomic E-state index is -5.12. The van der Waals surface area contributed by atoms with Crippen LogP contribution in [0.5, 0.6) is 0 Å². The van der Waals surface area contributed by atoms with E-state index in [9.17, 15) is 22.8 Å². The van der Waals surface area contributed by atoms with Gasteiger partial charge in [0.1, 0.15) is 6.04 Å². The predicted octanol–water partition coefficient (Wildman–Crippen LogP) is 3.96. The Morgan fingerprint density at radius 2 is 1.71 bits per heavy atom. The molecule has 1 N–H and O–H groups in total. The Labute approximate surface area is 202 Å². The van der Waals surface area contributed by atoms with Crippen LogP contribution in [-0.2, 0) is 27.3 Å². The van der Waals surface area contributed by atoms with Gasteiger partial charge >= 0.3 is 12.1 Å². The number of nitrogens with zero attached hydrogens (tertiary/aromatic N) is 3. The number of nitrogens with one attached hydrogen (secondary N) is 1. The fraction of sp³-hybridized carbons (Fsp3) is 0.600. The van der Waals surface area contributed by atoms with Gasteiger partial charge in [-0.15, -0.1) is 5.17 Å². The van der Waals surface area contributed by atoms with Crippen molar-refractivity contribution in [1.82, 2.24) is 15.1 Å². The van der Waals surface area contributed by atoms with Crippen LogP contribution in [0.4, 0.5) is 18.9 Å². The third-order valence-electron chi connectivity index (χ3n) is 7.75. The number of carbonyl (C=O) groups is 2. The molecule has 1 fully saturated rings. The van der Waals surface area contributed by atoms with Crippen LogP contribution in [0.3, 0.4) is 0 Å². The lowest BCUT2D eigenvalue weighted by atomic mass is 9.91. The Hall–Kier alpha value is -2.59. The number of fused-ring (bicyclic) bond motifs is 1. The number of amides is 1. The van der Waals surface area contributed by atoms with Crippen LogP contribution in [-0.4, -0.2) is 65.4 Å². The number of benzene rings is 1. The number of hydroxylamine groups is 1. The van der Waals surface area contributed by atoms with E-state index in [2.05, 4.69) is 21.1 Å². The molecule has 2 aliphatic heterocycles. The van der Waals surface area contributed by atoms with Gasteiger partial charge in [-0.3, -0.25) is 9.69 Å². The second kappa shape index (κ2) is 9.46. The summed E-state index contributed by atoms with van der Waals surface area (Å²) in [5.41, 5.74) is 4.36. The van der Waals surface area contributed by atoms with Gasteiger partial charge < -0.3 is 10.2 Å². The van der Waals surface area contributed by atoms with E-state index in [0.29, 0.717) is 35.8 Å². The number of alkyl halides is 3. The highest BCUT2D eigenvalue weighted by molar-refractivity contribution is 5.97. The minimum Gasteiger partial charge on any atom is -0.324 e. The molecule has 1 saturated carbocycles. The Balaban J connectivity index is 1.30. The van der Waals surface area contributed by atoms with Gasteiger partial charge in [0.05, 0.1) is 5.70 Å². The van der Waals surface area contributed by atoms with Crippen molar-refractivity contribution >= 4 is 17.6 Å². The maximum atomic E-state index is 13.3. The van der Waals surface area contributed by atoms with Gasteiger partial charge in [0.2, 0.25) is 5.91 Å². The van der Waals surface area contributed by atoms with E-state index in [1.165, 1.54) is 42.4 Å². The molecular weight excluding hydrogens is 461 g/mol. The van der Waals surface area contributed by atoms with Crippen LogP contribution in [0.1, 0.15) is 56.1 Å². The van der Waals surface area contributed by atoms with Crippen LogP contribution < -0.4 is 5.32 Å². The van der Waals surface area contributed by atoms with E-state index in [-0.39, 0.29) is 5.91 Å². The Kier molecular flexibility index (Phi) is 6.52. The lowest BCUT2D eigenvalue weighted by Gasteiger charge is -2.36. The molecule has 190 valence electrons. The zero-order valence-corrected chi connectivity index (χ0v) is 19.9. The molecule has 0 radical (unpaired) electrons. The van der Waals surface area contributed by atoms with E-state index in [4.69, 9.17) is 0 Å². The summed E-state index contributed by atoms with van der Waals surface area (Å²) >= 11 is 0. The van der Waals surface area contributed by atoms with Crippen molar-refractivity contribution in [2.45, 2.75) is 76.0 Å². The van der Waals surface area contributed by atoms with Gasteiger partial charge in [0, 0.05) is 31.9 Å². The largest absolute Gasteiger partial charge is 0.493 e. The van der Waals surface area contributed by atoms with E-state index >= 15 is 0 Å². The van der Waals surface area contributed by atoms with E-state index in [1.54, 1.807) is 0 Å². The Morgan fingerprint density at radius 1 is 1.00 bits per heavy atom. The summed E-state index contributed by atoms with van der Waals surface area (Å²) < 4.78 is 38.5. The molecule has 0 bridgehead atoms. The molecule has 1 atom stereocenters. The van der Waals surface area contributed by atoms with Crippen molar-refractivity contribution in [3.63, 3.8) is 0 Å². The number of rotatable bonds is 4. The van der Waals surface area contributed by atoms with Gasteiger partial charge in [0.15, 0.2) is 0 Å². The quantitative estimate of drug-likeness (QED) is 0.687. The molecule has 1 aromatic rings. The van der Waals surface area contributed by atoms with Crippen molar-refractivity contribution in [2.75, 3.05) is 25.5 Å². The van der Waals surface area contributed by atoms with Crippen LogP contribution in [0.25, 0.3) is 0 Å². The number of likely N-dealkylation sites (N-methyl/N-ethyl adjacent to an activating group) is 1. The third-order valence-corrected chi connectivity index (χ3v) is 7.75. The summed E-state index contributed by atoms with van der Waals surface area (Å²) in [6.07, 6.45) is 3.26. The second-order valence-corrected chi connectivity index (χ2v) is 9.90. The molecule has 7 nitrogen and oxygen atoms in total. The minimum absolute atomic E-state index is 0.350. The molecule has 35 heavy (non-hydrogen) atoms. The summed E-state index contributed by atoms with van der Waals surface area (Å²) in [5, 5.41) is 5.11. The molecule has 0 aromatic heterocycles. The van der Waals surface area contributed by atoms with Gasteiger partial charge in [-0.25, -0.2) is 4.79 Å². The highest BCUT2D eigenvalue weighted by Crippen LogP contribution is 2.39. The Morgan fingerprint density at radius 3 is 2.40 bits per heavy atom. The fourth-order valence-corrected chi connectivity index (χ4v) is 5.67.